The minimum Gasteiger partial charge on any atom is -0.480 e. The number of carboxylic acids is 1. The first kappa shape index (κ1) is 14.9. The second-order valence-corrected chi connectivity index (χ2v) is 3.35. The minimum atomic E-state index is -1.01. The first-order chi connectivity index (χ1) is 7.57. The van der Waals surface area contributed by atoms with Gasteiger partial charge in [0.05, 0.1) is 13.2 Å². The number of carbonyl (C=O) groups excluding carboxylic acids is 1. The first-order valence-electron chi connectivity index (χ1n) is 5.10. The number of hydrogen-bond acceptors (Lipinski definition) is 4. The Hall–Kier alpha value is -1.14. The fourth-order valence-corrected chi connectivity index (χ4v) is 1.05. The molecule has 6 heteroatoms. The molecule has 0 aliphatic heterocycles. The maximum atomic E-state index is 11.3. The summed E-state index contributed by atoms with van der Waals surface area (Å²) >= 11 is 0. The summed E-state index contributed by atoms with van der Waals surface area (Å²) in [6, 6.07) is 0. The molecule has 0 saturated heterocycles. The highest BCUT2D eigenvalue weighted by atomic mass is 16.5. The van der Waals surface area contributed by atoms with Crippen LogP contribution in [-0.2, 0) is 19.1 Å². The Labute approximate surface area is 95.1 Å². The van der Waals surface area contributed by atoms with Gasteiger partial charge in [0.15, 0.2) is 0 Å². The summed E-state index contributed by atoms with van der Waals surface area (Å²) in [6.07, 6.45) is 0.892. The van der Waals surface area contributed by atoms with Crippen molar-refractivity contribution < 1.29 is 24.2 Å². The zero-order valence-corrected chi connectivity index (χ0v) is 9.77. The van der Waals surface area contributed by atoms with Gasteiger partial charge in [0.25, 0.3) is 0 Å². The largest absolute Gasteiger partial charge is 0.480 e. The van der Waals surface area contributed by atoms with Gasteiger partial charge in [-0.15, -0.1) is 0 Å². The van der Waals surface area contributed by atoms with Crippen molar-refractivity contribution in [2.75, 3.05) is 40.5 Å². The zero-order valence-electron chi connectivity index (χ0n) is 9.77. The van der Waals surface area contributed by atoms with Crippen LogP contribution in [0.4, 0.5) is 0 Å². The van der Waals surface area contributed by atoms with Crippen LogP contribution in [0.15, 0.2) is 0 Å². The van der Waals surface area contributed by atoms with Gasteiger partial charge >= 0.3 is 5.97 Å². The van der Waals surface area contributed by atoms with Crippen molar-refractivity contribution in [1.29, 1.82) is 0 Å². The van der Waals surface area contributed by atoms with E-state index in [4.69, 9.17) is 14.6 Å². The quantitative estimate of drug-likeness (QED) is 0.566. The minimum absolute atomic E-state index is 0.183. The van der Waals surface area contributed by atoms with Gasteiger partial charge in [-0.25, -0.2) is 0 Å². The standard InChI is InChI=1S/C10H19NO5/c1-11(8-10(13)14)9(12)4-3-5-16-7-6-15-2/h3-8H2,1-2H3,(H,13,14). The summed E-state index contributed by atoms with van der Waals surface area (Å²) in [5, 5.41) is 8.47. The predicted octanol–water partition coefficient (Wildman–Crippen LogP) is -0.0274. The Morgan fingerprint density at radius 3 is 2.50 bits per heavy atom. The number of aliphatic carboxylic acids is 1. The van der Waals surface area contributed by atoms with Crippen molar-refractivity contribution in [3.05, 3.63) is 0 Å². The average molecular weight is 233 g/mol. The third-order valence-electron chi connectivity index (χ3n) is 1.91. The molecule has 0 atom stereocenters. The summed E-state index contributed by atoms with van der Waals surface area (Å²) in [6.45, 7) is 1.27. The molecule has 0 aliphatic rings. The van der Waals surface area contributed by atoms with Crippen LogP contribution in [0.25, 0.3) is 0 Å². The van der Waals surface area contributed by atoms with E-state index in [-0.39, 0.29) is 12.5 Å². The summed E-state index contributed by atoms with van der Waals surface area (Å²) < 4.78 is 9.96. The molecular weight excluding hydrogens is 214 g/mol. The molecule has 0 unspecified atom stereocenters. The molecule has 0 saturated carbocycles. The van der Waals surface area contributed by atoms with Gasteiger partial charge in [-0.3, -0.25) is 9.59 Å². The van der Waals surface area contributed by atoms with Gasteiger partial charge in [-0.2, -0.15) is 0 Å². The Balaban J connectivity index is 3.46. The van der Waals surface area contributed by atoms with Crippen molar-refractivity contribution in [2.24, 2.45) is 0 Å². The van der Waals surface area contributed by atoms with Crippen LogP contribution in [0.3, 0.4) is 0 Å². The monoisotopic (exact) mass is 233 g/mol. The lowest BCUT2D eigenvalue weighted by Gasteiger charge is -2.14. The van der Waals surface area contributed by atoms with Crippen LogP contribution in [0.2, 0.25) is 0 Å². The van der Waals surface area contributed by atoms with E-state index in [1.165, 1.54) is 11.9 Å². The van der Waals surface area contributed by atoms with Gasteiger partial charge < -0.3 is 19.5 Å². The van der Waals surface area contributed by atoms with Crippen LogP contribution in [-0.4, -0.2) is 62.4 Å². The van der Waals surface area contributed by atoms with E-state index in [1.54, 1.807) is 7.11 Å². The molecule has 0 bridgehead atoms. The van der Waals surface area contributed by atoms with Crippen LogP contribution in [0.1, 0.15) is 12.8 Å². The van der Waals surface area contributed by atoms with E-state index in [9.17, 15) is 9.59 Å². The summed E-state index contributed by atoms with van der Waals surface area (Å²) in [4.78, 5) is 22.9. The Bertz CT molecular complexity index is 219. The molecule has 16 heavy (non-hydrogen) atoms. The highest BCUT2D eigenvalue weighted by molar-refractivity contribution is 5.80. The van der Waals surface area contributed by atoms with E-state index in [1.807, 2.05) is 0 Å². The normalized spacial score (nSPS) is 10.1. The van der Waals surface area contributed by atoms with Crippen molar-refractivity contribution >= 4 is 11.9 Å². The van der Waals surface area contributed by atoms with Gasteiger partial charge in [-0.05, 0) is 6.42 Å². The highest BCUT2D eigenvalue weighted by Crippen LogP contribution is 1.96. The number of amides is 1. The number of rotatable bonds is 9. The lowest BCUT2D eigenvalue weighted by atomic mass is 10.3. The Morgan fingerprint density at radius 2 is 1.94 bits per heavy atom. The third kappa shape index (κ3) is 8.19. The second-order valence-electron chi connectivity index (χ2n) is 3.35. The molecule has 1 N–H and O–H groups in total. The fraction of sp³-hybridized carbons (Fsp3) is 0.800. The van der Waals surface area contributed by atoms with Crippen LogP contribution >= 0.6 is 0 Å². The molecule has 0 aromatic rings. The maximum Gasteiger partial charge on any atom is 0.323 e. The SMILES string of the molecule is COCCOCCCC(=O)N(C)CC(=O)O. The molecule has 1 amide bonds. The van der Waals surface area contributed by atoms with Gasteiger partial charge in [0, 0.05) is 27.2 Å². The third-order valence-corrected chi connectivity index (χ3v) is 1.91. The lowest BCUT2D eigenvalue weighted by Crippen LogP contribution is -2.31. The molecule has 0 aromatic carbocycles. The number of carbonyl (C=O) groups is 2. The van der Waals surface area contributed by atoms with E-state index in [2.05, 4.69) is 0 Å². The van der Waals surface area contributed by atoms with E-state index >= 15 is 0 Å². The average Bonchev–Trinajstić information content (AvgIpc) is 2.21. The molecule has 0 heterocycles. The van der Waals surface area contributed by atoms with E-state index < -0.39 is 5.97 Å². The topological polar surface area (TPSA) is 76.1 Å². The Morgan fingerprint density at radius 1 is 1.25 bits per heavy atom. The van der Waals surface area contributed by atoms with Gasteiger partial charge in [0.2, 0.25) is 5.91 Å². The summed E-state index contributed by atoms with van der Waals surface area (Å²) in [7, 11) is 3.07. The van der Waals surface area contributed by atoms with Crippen LogP contribution in [0, 0.1) is 0 Å². The number of nitrogens with zero attached hydrogens (tertiary/aromatic N) is 1. The molecule has 0 radical (unpaired) electrons. The van der Waals surface area contributed by atoms with Crippen molar-refractivity contribution in [2.45, 2.75) is 12.8 Å². The van der Waals surface area contributed by atoms with Gasteiger partial charge in [-0.1, -0.05) is 0 Å². The predicted molar refractivity (Wildman–Crippen MR) is 57.2 cm³/mol. The number of methoxy groups -OCH3 is 1. The highest BCUT2D eigenvalue weighted by Gasteiger charge is 2.10. The maximum absolute atomic E-state index is 11.3. The van der Waals surface area contributed by atoms with Crippen molar-refractivity contribution in [3.8, 4) is 0 Å². The molecule has 0 rings (SSSR count). The number of hydrogen-bond donors (Lipinski definition) is 1. The number of likely N-dealkylation sites (N-methyl/N-ethyl adjacent to an activating group) is 1. The summed E-state index contributed by atoms with van der Waals surface area (Å²) in [5.41, 5.74) is 0. The number of carboxylic acid groups (broad SMARTS) is 1. The molecule has 0 aromatic heterocycles. The van der Waals surface area contributed by atoms with E-state index in [0.29, 0.717) is 32.7 Å². The molecule has 0 fully saturated rings. The lowest BCUT2D eigenvalue weighted by molar-refractivity contribution is -0.143. The zero-order chi connectivity index (χ0) is 12.4. The van der Waals surface area contributed by atoms with Crippen LogP contribution < -0.4 is 0 Å². The molecule has 94 valence electrons. The van der Waals surface area contributed by atoms with Crippen molar-refractivity contribution in [3.63, 3.8) is 0 Å². The molecular formula is C10H19NO5. The second kappa shape index (κ2) is 9.11. The molecule has 0 aliphatic carbocycles. The first-order valence-corrected chi connectivity index (χ1v) is 5.10. The smallest absolute Gasteiger partial charge is 0.323 e. The van der Waals surface area contributed by atoms with E-state index in [0.717, 1.165) is 0 Å². The number of ether oxygens (including phenoxy) is 2. The fourth-order valence-electron chi connectivity index (χ4n) is 1.05. The molecule has 6 nitrogen and oxygen atoms in total. The van der Waals surface area contributed by atoms with Crippen LogP contribution in [0.5, 0.6) is 0 Å². The summed E-state index contributed by atoms with van der Waals surface area (Å²) in [5.74, 6) is -1.19. The van der Waals surface area contributed by atoms with Crippen molar-refractivity contribution in [1.82, 2.24) is 4.90 Å². The Kier molecular flexibility index (Phi) is 8.46. The molecule has 0 spiro atoms. The van der Waals surface area contributed by atoms with Gasteiger partial charge in [0.1, 0.15) is 6.54 Å².